The summed E-state index contributed by atoms with van der Waals surface area (Å²) >= 11 is 0. The minimum absolute atomic E-state index is 0.219. The van der Waals surface area contributed by atoms with Crippen LogP contribution in [-0.2, 0) is 6.54 Å². The van der Waals surface area contributed by atoms with Crippen LogP contribution in [0.5, 0.6) is 0 Å². The molecule has 0 bridgehead atoms. The summed E-state index contributed by atoms with van der Waals surface area (Å²) in [6, 6.07) is 5.06. The summed E-state index contributed by atoms with van der Waals surface area (Å²) in [6.45, 7) is 0.836. The number of benzene rings is 1. The molecule has 1 aliphatic carbocycles. The van der Waals surface area contributed by atoms with E-state index >= 15 is 0 Å². The minimum atomic E-state index is -0.638. The van der Waals surface area contributed by atoms with Crippen LogP contribution in [0.4, 0.5) is 9.18 Å². The summed E-state index contributed by atoms with van der Waals surface area (Å²) in [5.74, 6) is -0.837. The lowest BCUT2D eigenvalue weighted by molar-refractivity contribution is 0.0880. The molecule has 1 fully saturated rings. The fraction of sp³-hybridized carbons (Fsp3) is 0.389. The molecular formula is C18H20FN5O2. The second-order valence-corrected chi connectivity index (χ2v) is 6.87. The topological polar surface area (TPSA) is 107 Å². The maximum atomic E-state index is 13.7. The van der Waals surface area contributed by atoms with Gasteiger partial charge >= 0.3 is 6.03 Å². The van der Waals surface area contributed by atoms with E-state index in [9.17, 15) is 14.0 Å². The molecule has 26 heavy (non-hydrogen) atoms. The van der Waals surface area contributed by atoms with Crippen molar-refractivity contribution in [3.63, 3.8) is 0 Å². The molecule has 1 saturated carbocycles. The molecule has 8 heteroatoms. The molecule has 0 spiro atoms. The fourth-order valence-corrected chi connectivity index (χ4v) is 4.00. The van der Waals surface area contributed by atoms with Crippen molar-refractivity contribution in [2.45, 2.75) is 31.8 Å². The average Bonchev–Trinajstić information content (AvgIpc) is 2.93. The lowest BCUT2D eigenvalue weighted by Gasteiger charge is -2.43. The van der Waals surface area contributed by atoms with Gasteiger partial charge in [-0.3, -0.25) is 9.48 Å². The minimum Gasteiger partial charge on any atom is -0.365 e. The highest BCUT2D eigenvalue weighted by atomic mass is 19.1. The van der Waals surface area contributed by atoms with Gasteiger partial charge in [0.2, 0.25) is 0 Å². The molecule has 2 aromatic rings. The zero-order valence-corrected chi connectivity index (χ0v) is 14.2. The zero-order chi connectivity index (χ0) is 18.4. The van der Waals surface area contributed by atoms with Gasteiger partial charge in [0, 0.05) is 12.1 Å². The number of halogens is 1. The second kappa shape index (κ2) is 6.12. The number of aromatic nitrogens is 2. The first kappa shape index (κ1) is 16.6. The number of nitrogens with two attached hydrogens (primary N) is 2. The van der Waals surface area contributed by atoms with E-state index in [0.717, 1.165) is 19.3 Å². The SMILES string of the molecule is NC(=O)c1c(-c2cccc(F)c2)nn2c1C(C1CCC1)N(C(N)=O)CC2. The maximum Gasteiger partial charge on any atom is 0.315 e. The molecule has 4 N–H and O–H groups in total. The Morgan fingerprint density at radius 1 is 1.19 bits per heavy atom. The van der Waals surface area contributed by atoms with Crippen molar-refractivity contribution < 1.29 is 14.0 Å². The number of carbonyl (C=O) groups excluding carboxylic acids is 2. The van der Waals surface area contributed by atoms with Gasteiger partial charge in [0.1, 0.15) is 11.5 Å². The third-order valence-electron chi connectivity index (χ3n) is 5.38. The molecule has 1 aromatic carbocycles. The van der Waals surface area contributed by atoms with Crippen LogP contribution in [-0.4, -0.2) is 33.2 Å². The first-order valence-electron chi connectivity index (χ1n) is 8.70. The van der Waals surface area contributed by atoms with Crippen LogP contribution < -0.4 is 11.5 Å². The molecule has 0 saturated heterocycles. The van der Waals surface area contributed by atoms with Crippen molar-refractivity contribution in [3.05, 3.63) is 41.3 Å². The predicted octanol–water partition coefficient (Wildman–Crippen LogP) is 2.02. The summed E-state index contributed by atoms with van der Waals surface area (Å²) in [7, 11) is 0. The molecule has 4 rings (SSSR count). The predicted molar refractivity (Wildman–Crippen MR) is 92.5 cm³/mol. The van der Waals surface area contributed by atoms with Gasteiger partial charge in [-0.1, -0.05) is 18.6 Å². The third kappa shape index (κ3) is 2.53. The van der Waals surface area contributed by atoms with Crippen LogP contribution in [0, 0.1) is 11.7 Å². The summed E-state index contributed by atoms with van der Waals surface area (Å²) in [5.41, 5.74) is 13.0. The quantitative estimate of drug-likeness (QED) is 0.877. The number of rotatable bonds is 3. The van der Waals surface area contributed by atoms with Gasteiger partial charge < -0.3 is 16.4 Å². The number of hydrogen-bond donors (Lipinski definition) is 2. The summed E-state index contributed by atoms with van der Waals surface area (Å²) < 4.78 is 15.4. The smallest absolute Gasteiger partial charge is 0.315 e. The first-order valence-corrected chi connectivity index (χ1v) is 8.70. The Morgan fingerprint density at radius 3 is 2.54 bits per heavy atom. The van der Waals surface area contributed by atoms with Gasteiger partial charge in [0.05, 0.1) is 23.8 Å². The summed E-state index contributed by atoms with van der Waals surface area (Å²) in [4.78, 5) is 25.9. The molecule has 136 valence electrons. The number of hydrogen-bond acceptors (Lipinski definition) is 3. The van der Waals surface area contributed by atoms with Crippen LogP contribution in [0.1, 0.15) is 41.4 Å². The van der Waals surface area contributed by atoms with Gasteiger partial charge in [-0.15, -0.1) is 0 Å². The Bertz CT molecular complexity index is 890. The molecule has 2 aliphatic rings. The third-order valence-corrected chi connectivity index (χ3v) is 5.38. The second-order valence-electron chi connectivity index (χ2n) is 6.87. The lowest BCUT2D eigenvalue weighted by Crippen LogP contribution is -2.49. The highest BCUT2D eigenvalue weighted by Gasteiger charge is 2.42. The van der Waals surface area contributed by atoms with Crippen molar-refractivity contribution in [3.8, 4) is 11.3 Å². The lowest BCUT2D eigenvalue weighted by atomic mass is 9.76. The molecular weight excluding hydrogens is 337 g/mol. The molecule has 1 atom stereocenters. The van der Waals surface area contributed by atoms with Gasteiger partial charge in [-0.25, -0.2) is 9.18 Å². The highest BCUT2D eigenvalue weighted by Crippen LogP contribution is 2.45. The Morgan fingerprint density at radius 2 is 1.96 bits per heavy atom. The van der Waals surface area contributed by atoms with E-state index < -0.39 is 17.8 Å². The van der Waals surface area contributed by atoms with Crippen molar-refractivity contribution in [1.82, 2.24) is 14.7 Å². The normalized spacial score (nSPS) is 19.7. The molecule has 1 aromatic heterocycles. The number of carbonyl (C=O) groups is 2. The van der Waals surface area contributed by atoms with Gasteiger partial charge in [0.25, 0.3) is 5.91 Å². The molecule has 2 heterocycles. The molecule has 1 aliphatic heterocycles. The summed E-state index contributed by atoms with van der Waals surface area (Å²) in [6.07, 6.45) is 2.98. The van der Waals surface area contributed by atoms with Crippen molar-refractivity contribution >= 4 is 11.9 Å². The Labute approximate surface area is 149 Å². The standard InChI is InChI=1S/C18H20FN5O2/c19-12-6-2-5-11(9-12)14-13(17(20)25)16-15(10-3-1-4-10)23(18(21)26)7-8-24(16)22-14/h2,5-6,9-10,15H,1,3-4,7-8H2,(H2,20,25)(H2,21,26). The van der Waals surface area contributed by atoms with E-state index in [1.165, 1.54) is 12.1 Å². The van der Waals surface area contributed by atoms with Crippen LogP contribution in [0.15, 0.2) is 24.3 Å². The van der Waals surface area contributed by atoms with Crippen molar-refractivity contribution in [2.75, 3.05) is 6.54 Å². The Kier molecular flexibility index (Phi) is 3.90. The van der Waals surface area contributed by atoms with Gasteiger partial charge in [0.15, 0.2) is 0 Å². The van der Waals surface area contributed by atoms with Crippen LogP contribution >= 0.6 is 0 Å². The Balaban J connectivity index is 1.91. The number of urea groups is 1. The van der Waals surface area contributed by atoms with Crippen LogP contribution in [0.3, 0.4) is 0 Å². The number of fused-ring (bicyclic) bond motifs is 1. The van der Waals surface area contributed by atoms with Crippen LogP contribution in [0.2, 0.25) is 0 Å². The molecule has 7 nitrogen and oxygen atoms in total. The van der Waals surface area contributed by atoms with E-state index in [1.54, 1.807) is 21.7 Å². The van der Waals surface area contributed by atoms with Crippen molar-refractivity contribution in [2.24, 2.45) is 17.4 Å². The first-order chi connectivity index (χ1) is 12.5. The summed E-state index contributed by atoms with van der Waals surface area (Å²) in [5, 5.41) is 4.54. The Hall–Kier alpha value is -2.90. The van der Waals surface area contributed by atoms with Gasteiger partial charge in [-0.05, 0) is 30.9 Å². The maximum absolute atomic E-state index is 13.7. The fourth-order valence-electron chi connectivity index (χ4n) is 4.00. The molecule has 1 unspecified atom stereocenters. The van der Waals surface area contributed by atoms with E-state index in [4.69, 9.17) is 11.5 Å². The van der Waals surface area contributed by atoms with Crippen molar-refractivity contribution in [1.29, 1.82) is 0 Å². The number of primary amides is 2. The van der Waals surface area contributed by atoms with E-state index in [0.29, 0.717) is 30.0 Å². The van der Waals surface area contributed by atoms with E-state index in [2.05, 4.69) is 5.10 Å². The zero-order valence-electron chi connectivity index (χ0n) is 14.2. The highest BCUT2D eigenvalue weighted by molar-refractivity contribution is 6.00. The average molecular weight is 357 g/mol. The number of nitrogens with zero attached hydrogens (tertiary/aromatic N) is 3. The monoisotopic (exact) mass is 357 g/mol. The van der Waals surface area contributed by atoms with E-state index in [-0.39, 0.29) is 17.5 Å². The molecule has 3 amide bonds. The molecule has 0 radical (unpaired) electrons. The van der Waals surface area contributed by atoms with E-state index in [1.807, 2.05) is 0 Å². The van der Waals surface area contributed by atoms with Crippen LogP contribution in [0.25, 0.3) is 11.3 Å². The largest absolute Gasteiger partial charge is 0.365 e. The van der Waals surface area contributed by atoms with Gasteiger partial charge in [-0.2, -0.15) is 5.10 Å². The number of amides is 3.